The van der Waals surface area contributed by atoms with E-state index in [0.29, 0.717) is 6.04 Å². The van der Waals surface area contributed by atoms with Gasteiger partial charge in [-0.15, -0.1) is 11.3 Å². The summed E-state index contributed by atoms with van der Waals surface area (Å²) in [6.07, 6.45) is 5.27. The van der Waals surface area contributed by atoms with Crippen molar-refractivity contribution in [2.45, 2.75) is 38.3 Å². The molecule has 3 N–H and O–H groups in total. The molecular formula is C13H19N5S. The van der Waals surface area contributed by atoms with E-state index in [1.165, 1.54) is 25.7 Å². The Bertz CT molecular complexity index is 561. The van der Waals surface area contributed by atoms with Crippen molar-refractivity contribution in [3.8, 4) is 0 Å². The molecule has 3 rings (SSSR count). The number of fused-ring (bicyclic) bond motifs is 1. The van der Waals surface area contributed by atoms with E-state index in [2.05, 4.69) is 27.3 Å². The highest BCUT2D eigenvalue weighted by atomic mass is 32.1. The van der Waals surface area contributed by atoms with Gasteiger partial charge in [-0.25, -0.2) is 15.8 Å². The van der Waals surface area contributed by atoms with Crippen LogP contribution >= 0.6 is 11.3 Å². The van der Waals surface area contributed by atoms with Gasteiger partial charge in [0.2, 0.25) is 0 Å². The van der Waals surface area contributed by atoms with Gasteiger partial charge >= 0.3 is 0 Å². The number of thiophene rings is 1. The first-order valence-corrected chi connectivity index (χ1v) is 7.57. The molecule has 2 heterocycles. The largest absolute Gasteiger partial charge is 0.308 e. The lowest BCUT2D eigenvalue weighted by Crippen LogP contribution is -2.29. The van der Waals surface area contributed by atoms with Crippen LogP contribution in [0.15, 0.2) is 11.4 Å². The van der Waals surface area contributed by atoms with Crippen molar-refractivity contribution in [3.05, 3.63) is 17.3 Å². The summed E-state index contributed by atoms with van der Waals surface area (Å²) in [6, 6.07) is 2.68. The number of hydrazine groups is 1. The molecule has 0 unspecified atom stereocenters. The van der Waals surface area contributed by atoms with Crippen molar-refractivity contribution in [3.63, 3.8) is 0 Å². The molecule has 0 saturated heterocycles. The van der Waals surface area contributed by atoms with Crippen LogP contribution in [-0.2, 0) is 6.54 Å². The molecule has 1 saturated carbocycles. The summed E-state index contributed by atoms with van der Waals surface area (Å²) in [5, 5.41) is 3.02. The lowest BCUT2D eigenvalue weighted by molar-refractivity contribution is 0.232. The summed E-state index contributed by atoms with van der Waals surface area (Å²) in [5.74, 6) is 7.12. The molecule has 1 aliphatic carbocycles. The third-order valence-corrected chi connectivity index (χ3v) is 4.65. The van der Waals surface area contributed by atoms with Gasteiger partial charge in [0.1, 0.15) is 10.7 Å². The van der Waals surface area contributed by atoms with Crippen molar-refractivity contribution < 1.29 is 0 Å². The molecule has 6 heteroatoms. The number of hydrogen-bond donors (Lipinski definition) is 2. The fourth-order valence-electron chi connectivity index (χ4n) is 2.78. The van der Waals surface area contributed by atoms with E-state index >= 15 is 0 Å². The molecule has 5 nitrogen and oxygen atoms in total. The monoisotopic (exact) mass is 277 g/mol. The molecule has 1 aliphatic rings. The first-order valence-electron chi connectivity index (χ1n) is 6.69. The van der Waals surface area contributed by atoms with Gasteiger partial charge in [-0.3, -0.25) is 4.90 Å². The van der Waals surface area contributed by atoms with Gasteiger partial charge in [0.25, 0.3) is 0 Å². The molecule has 0 bridgehead atoms. The van der Waals surface area contributed by atoms with Crippen molar-refractivity contribution in [2.75, 3.05) is 12.5 Å². The Labute approximate surface area is 116 Å². The van der Waals surface area contributed by atoms with Crippen LogP contribution in [0.5, 0.6) is 0 Å². The fraction of sp³-hybridized carbons (Fsp3) is 0.538. The molecule has 19 heavy (non-hydrogen) atoms. The number of nitrogens with zero attached hydrogens (tertiary/aromatic N) is 3. The lowest BCUT2D eigenvalue weighted by Gasteiger charge is -2.23. The Morgan fingerprint density at radius 2 is 2.21 bits per heavy atom. The number of rotatable bonds is 4. The van der Waals surface area contributed by atoms with Crippen molar-refractivity contribution in [1.82, 2.24) is 14.9 Å². The number of nitrogens with one attached hydrogen (secondary N) is 1. The Hall–Kier alpha value is -1.24. The Morgan fingerprint density at radius 3 is 2.95 bits per heavy atom. The van der Waals surface area contributed by atoms with E-state index in [-0.39, 0.29) is 0 Å². The van der Waals surface area contributed by atoms with Crippen molar-refractivity contribution in [1.29, 1.82) is 0 Å². The van der Waals surface area contributed by atoms with E-state index in [4.69, 9.17) is 5.84 Å². The molecule has 0 aliphatic heterocycles. The average molecular weight is 277 g/mol. The quantitative estimate of drug-likeness (QED) is 0.663. The first-order chi connectivity index (χ1) is 9.28. The zero-order valence-electron chi connectivity index (χ0n) is 11.1. The molecule has 2 aromatic rings. The van der Waals surface area contributed by atoms with Crippen LogP contribution < -0.4 is 11.3 Å². The molecule has 2 aromatic heterocycles. The molecule has 102 valence electrons. The lowest BCUT2D eigenvalue weighted by atomic mass is 10.2. The smallest absolute Gasteiger partial charge is 0.152 e. The highest BCUT2D eigenvalue weighted by Gasteiger charge is 2.20. The van der Waals surface area contributed by atoms with Gasteiger partial charge in [-0.2, -0.15) is 0 Å². The third kappa shape index (κ3) is 2.56. The van der Waals surface area contributed by atoms with Gasteiger partial charge in [-0.1, -0.05) is 12.8 Å². The summed E-state index contributed by atoms with van der Waals surface area (Å²) < 4.78 is 0. The minimum absolute atomic E-state index is 0.678. The maximum Gasteiger partial charge on any atom is 0.152 e. The summed E-state index contributed by atoms with van der Waals surface area (Å²) in [7, 11) is 2.16. The highest BCUT2D eigenvalue weighted by molar-refractivity contribution is 7.16. The molecule has 0 atom stereocenters. The molecular weight excluding hydrogens is 258 g/mol. The number of anilines is 1. The van der Waals surface area contributed by atoms with Crippen LogP contribution in [0.3, 0.4) is 0 Å². The predicted octanol–water partition coefficient (Wildman–Crippen LogP) is 2.35. The topological polar surface area (TPSA) is 67.1 Å². The van der Waals surface area contributed by atoms with E-state index in [0.717, 1.165) is 28.4 Å². The number of hydrogen-bond acceptors (Lipinski definition) is 6. The highest BCUT2D eigenvalue weighted by Crippen LogP contribution is 2.26. The molecule has 0 aromatic carbocycles. The van der Waals surface area contributed by atoms with Crippen LogP contribution in [0, 0.1) is 0 Å². The van der Waals surface area contributed by atoms with Crippen LogP contribution in [0.25, 0.3) is 10.2 Å². The van der Waals surface area contributed by atoms with E-state index in [1.807, 2.05) is 11.4 Å². The second-order valence-corrected chi connectivity index (χ2v) is 6.02. The maximum atomic E-state index is 5.55. The Morgan fingerprint density at radius 1 is 1.42 bits per heavy atom. The predicted molar refractivity (Wildman–Crippen MR) is 78.9 cm³/mol. The van der Waals surface area contributed by atoms with Gasteiger partial charge in [0, 0.05) is 6.04 Å². The fourth-order valence-corrected chi connectivity index (χ4v) is 3.56. The zero-order chi connectivity index (χ0) is 13.2. The number of nitrogen functional groups attached to an aromatic ring is 1. The first kappa shape index (κ1) is 12.8. The van der Waals surface area contributed by atoms with Gasteiger partial charge in [0.05, 0.1) is 11.9 Å². The average Bonchev–Trinajstić information content (AvgIpc) is 3.08. The van der Waals surface area contributed by atoms with E-state index in [1.54, 1.807) is 11.3 Å². The van der Waals surface area contributed by atoms with Crippen molar-refractivity contribution in [2.24, 2.45) is 5.84 Å². The Balaban J connectivity index is 1.83. The summed E-state index contributed by atoms with van der Waals surface area (Å²) >= 11 is 1.63. The van der Waals surface area contributed by atoms with Crippen LogP contribution in [0.2, 0.25) is 0 Å². The van der Waals surface area contributed by atoms with E-state index < -0.39 is 0 Å². The minimum atomic E-state index is 0.678. The Kier molecular flexibility index (Phi) is 3.63. The van der Waals surface area contributed by atoms with Gasteiger partial charge < -0.3 is 5.43 Å². The molecule has 0 amide bonds. The second kappa shape index (κ2) is 5.40. The standard InChI is InChI=1S/C13H19N5S/c1-18(9-4-2-3-5-9)8-11-15-12(17-14)10-6-7-19-13(10)16-11/h6-7,9H,2-5,8,14H2,1H3,(H,15,16,17). The van der Waals surface area contributed by atoms with Crippen LogP contribution in [0.4, 0.5) is 5.82 Å². The van der Waals surface area contributed by atoms with Gasteiger partial charge in [-0.05, 0) is 31.3 Å². The van der Waals surface area contributed by atoms with Crippen molar-refractivity contribution >= 4 is 27.4 Å². The van der Waals surface area contributed by atoms with Crippen LogP contribution in [-0.4, -0.2) is 28.0 Å². The number of aromatic nitrogens is 2. The summed E-state index contributed by atoms with van der Waals surface area (Å²) in [6.45, 7) is 0.785. The minimum Gasteiger partial charge on any atom is -0.308 e. The normalized spacial score (nSPS) is 16.6. The van der Waals surface area contributed by atoms with Gasteiger partial charge in [0.15, 0.2) is 5.82 Å². The molecule has 1 fully saturated rings. The summed E-state index contributed by atoms with van der Waals surface area (Å²) in [4.78, 5) is 12.5. The molecule has 0 spiro atoms. The SMILES string of the molecule is CN(Cc1nc(NN)c2ccsc2n1)C1CCCC1. The van der Waals surface area contributed by atoms with E-state index in [9.17, 15) is 0 Å². The maximum absolute atomic E-state index is 5.55. The third-order valence-electron chi connectivity index (χ3n) is 3.85. The second-order valence-electron chi connectivity index (χ2n) is 5.13. The number of nitrogens with two attached hydrogens (primary N) is 1. The summed E-state index contributed by atoms with van der Waals surface area (Å²) in [5.41, 5.74) is 2.68. The molecule has 0 radical (unpaired) electrons. The van der Waals surface area contributed by atoms with Crippen LogP contribution in [0.1, 0.15) is 31.5 Å². The zero-order valence-corrected chi connectivity index (χ0v) is 11.9.